The van der Waals surface area contributed by atoms with Gasteiger partial charge in [0.2, 0.25) is 0 Å². The number of ether oxygens (including phenoxy) is 1. The Labute approximate surface area is 173 Å². The number of alkyl halides is 3. The number of nitrogens with one attached hydrogen (secondary N) is 1. The third-order valence-electron chi connectivity index (χ3n) is 6.14. The predicted molar refractivity (Wildman–Crippen MR) is 104 cm³/mol. The smallest absolute Gasteiger partial charge is 0.416 e. The topological polar surface area (TPSA) is 55.4 Å². The molecule has 1 atom stereocenters. The van der Waals surface area contributed by atoms with E-state index in [0.29, 0.717) is 41.7 Å². The number of carbonyl (C=O) groups is 2. The van der Waals surface area contributed by atoms with Gasteiger partial charge in [-0.2, -0.15) is 13.2 Å². The first-order chi connectivity index (χ1) is 14.3. The normalized spacial score (nSPS) is 22.8. The van der Waals surface area contributed by atoms with Gasteiger partial charge in [0.05, 0.1) is 11.1 Å². The van der Waals surface area contributed by atoms with Crippen molar-refractivity contribution in [1.82, 2.24) is 5.32 Å². The van der Waals surface area contributed by atoms with Crippen LogP contribution in [0.15, 0.2) is 46.8 Å². The SMILES string of the molecule is CC1=C(C(=O)OC2CCCC2)C(c2ccc(C(F)(F)F)cc2)C2=C(CCCC2=O)N1. The maximum Gasteiger partial charge on any atom is 0.416 e. The van der Waals surface area contributed by atoms with E-state index < -0.39 is 23.6 Å². The van der Waals surface area contributed by atoms with Crippen molar-refractivity contribution in [1.29, 1.82) is 0 Å². The number of dihydropyridines is 1. The predicted octanol–water partition coefficient (Wildman–Crippen LogP) is 5.16. The van der Waals surface area contributed by atoms with Crippen molar-refractivity contribution >= 4 is 11.8 Å². The van der Waals surface area contributed by atoms with Gasteiger partial charge in [-0.3, -0.25) is 4.79 Å². The third-order valence-corrected chi connectivity index (χ3v) is 6.14. The molecule has 1 N–H and O–H groups in total. The maximum absolute atomic E-state index is 13.1. The van der Waals surface area contributed by atoms with Gasteiger partial charge in [0, 0.05) is 29.3 Å². The number of benzene rings is 1. The molecule has 7 heteroatoms. The Morgan fingerprint density at radius 3 is 2.37 bits per heavy atom. The van der Waals surface area contributed by atoms with Crippen LogP contribution in [0.2, 0.25) is 0 Å². The molecular weight excluding hydrogens is 395 g/mol. The number of Topliss-reactive ketones (excluding diaryl/α,β-unsaturated/α-hetero) is 1. The summed E-state index contributed by atoms with van der Waals surface area (Å²) in [5.41, 5.74) is 1.87. The van der Waals surface area contributed by atoms with Gasteiger partial charge in [-0.15, -0.1) is 0 Å². The summed E-state index contributed by atoms with van der Waals surface area (Å²) in [6.07, 6.45) is 0.764. The zero-order valence-electron chi connectivity index (χ0n) is 16.8. The van der Waals surface area contributed by atoms with Crippen LogP contribution in [0.25, 0.3) is 0 Å². The molecule has 1 aliphatic heterocycles. The number of ketones is 1. The van der Waals surface area contributed by atoms with Crippen LogP contribution in [-0.2, 0) is 20.5 Å². The van der Waals surface area contributed by atoms with Gasteiger partial charge in [0.25, 0.3) is 0 Å². The first kappa shape index (κ1) is 20.7. The van der Waals surface area contributed by atoms with E-state index in [1.807, 2.05) is 0 Å². The van der Waals surface area contributed by atoms with Crippen molar-refractivity contribution in [3.63, 3.8) is 0 Å². The number of rotatable bonds is 3. The summed E-state index contributed by atoms with van der Waals surface area (Å²) in [4.78, 5) is 25.9. The quantitative estimate of drug-likeness (QED) is 0.688. The minimum absolute atomic E-state index is 0.0766. The molecule has 4 rings (SSSR count). The molecule has 4 nitrogen and oxygen atoms in total. The van der Waals surface area contributed by atoms with Crippen LogP contribution in [0.5, 0.6) is 0 Å². The largest absolute Gasteiger partial charge is 0.459 e. The highest BCUT2D eigenvalue weighted by Crippen LogP contribution is 2.43. The zero-order chi connectivity index (χ0) is 21.5. The highest BCUT2D eigenvalue weighted by molar-refractivity contribution is 6.03. The highest BCUT2D eigenvalue weighted by atomic mass is 19.4. The van der Waals surface area contributed by atoms with E-state index in [4.69, 9.17) is 4.74 Å². The maximum atomic E-state index is 13.1. The Balaban J connectivity index is 1.75. The summed E-state index contributed by atoms with van der Waals surface area (Å²) in [6, 6.07) is 4.73. The van der Waals surface area contributed by atoms with Gasteiger partial charge in [0.15, 0.2) is 5.78 Å². The lowest BCUT2D eigenvalue weighted by Crippen LogP contribution is -2.35. The van der Waals surface area contributed by atoms with Crippen LogP contribution in [0.1, 0.15) is 68.9 Å². The second-order valence-electron chi connectivity index (χ2n) is 8.20. The second-order valence-corrected chi connectivity index (χ2v) is 8.20. The van der Waals surface area contributed by atoms with E-state index in [-0.39, 0.29) is 11.9 Å². The average Bonchev–Trinajstić information content (AvgIpc) is 3.19. The molecule has 3 aliphatic rings. The molecule has 0 aromatic heterocycles. The molecule has 0 amide bonds. The summed E-state index contributed by atoms with van der Waals surface area (Å²) in [5, 5.41) is 3.20. The number of allylic oxidation sites excluding steroid dienone is 3. The van der Waals surface area contributed by atoms with Crippen molar-refractivity contribution in [2.24, 2.45) is 0 Å². The first-order valence-electron chi connectivity index (χ1n) is 10.4. The lowest BCUT2D eigenvalue weighted by Gasteiger charge is -2.34. The van der Waals surface area contributed by atoms with Crippen molar-refractivity contribution < 1.29 is 27.5 Å². The summed E-state index contributed by atoms with van der Waals surface area (Å²) < 4.78 is 44.8. The van der Waals surface area contributed by atoms with Crippen molar-refractivity contribution in [2.45, 2.75) is 70.1 Å². The Kier molecular flexibility index (Phi) is 5.47. The molecule has 1 aromatic carbocycles. The number of hydrogen-bond donors (Lipinski definition) is 1. The monoisotopic (exact) mass is 419 g/mol. The zero-order valence-corrected chi connectivity index (χ0v) is 16.8. The minimum Gasteiger partial charge on any atom is -0.459 e. The molecule has 1 aromatic rings. The first-order valence-corrected chi connectivity index (χ1v) is 10.4. The minimum atomic E-state index is -4.45. The Morgan fingerprint density at radius 2 is 1.73 bits per heavy atom. The van der Waals surface area contributed by atoms with Crippen LogP contribution in [-0.4, -0.2) is 17.9 Å². The summed E-state index contributed by atoms with van der Waals surface area (Å²) in [5.74, 6) is -1.29. The van der Waals surface area contributed by atoms with Crippen LogP contribution in [0, 0.1) is 0 Å². The van der Waals surface area contributed by atoms with Gasteiger partial charge in [-0.05, 0) is 63.1 Å². The molecule has 160 valence electrons. The Morgan fingerprint density at radius 1 is 1.07 bits per heavy atom. The number of halogens is 3. The summed E-state index contributed by atoms with van der Waals surface area (Å²) in [6.45, 7) is 1.76. The van der Waals surface area contributed by atoms with Crippen LogP contribution in [0.4, 0.5) is 13.2 Å². The highest BCUT2D eigenvalue weighted by Gasteiger charge is 2.40. The molecule has 1 fully saturated rings. The lowest BCUT2D eigenvalue weighted by atomic mass is 9.75. The van der Waals surface area contributed by atoms with Gasteiger partial charge < -0.3 is 10.1 Å². The molecule has 1 heterocycles. The molecule has 0 radical (unpaired) electrons. The fourth-order valence-corrected chi connectivity index (χ4v) is 4.67. The molecule has 2 aliphatic carbocycles. The number of esters is 1. The second kappa shape index (κ2) is 7.93. The van der Waals surface area contributed by atoms with Gasteiger partial charge >= 0.3 is 12.1 Å². The van der Waals surface area contributed by atoms with Crippen LogP contribution < -0.4 is 5.32 Å². The molecule has 30 heavy (non-hydrogen) atoms. The van der Waals surface area contributed by atoms with Gasteiger partial charge in [-0.1, -0.05) is 12.1 Å². The van der Waals surface area contributed by atoms with E-state index in [2.05, 4.69) is 5.32 Å². The van der Waals surface area contributed by atoms with Gasteiger partial charge in [0.1, 0.15) is 6.10 Å². The van der Waals surface area contributed by atoms with Crippen molar-refractivity contribution in [3.05, 3.63) is 57.9 Å². The standard InChI is InChI=1S/C23H24F3NO3/c1-13-19(22(29)30-16-5-2-3-6-16)20(21-17(27-13)7-4-8-18(21)28)14-9-11-15(12-10-14)23(24,25)26/h9-12,16,20,27H,2-8H2,1H3. The molecule has 0 spiro atoms. The van der Waals surface area contributed by atoms with E-state index in [0.717, 1.165) is 43.5 Å². The molecule has 1 unspecified atom stereocenters. The fraction of sp³-hybridized carbons (Fsp3) is 0.478. The van der Waals surface area contributed by atoms with Crippen LogP contribution >= 0.6 is 0 Å². The molecule has 0 saturated heterocycles. The van der Waals surface area contributed by atoms with Crippen LogP contribution in [0.3, 0.4) is 0 Å². The van der Waals surface area contributed by atoms with E-state index in [9.17, 15) is 22.8 Å². The van der Waals surface area contributed by atoms with E-state index >= 15 is 0 Å². The molecule has 0 bridgehead atoms. The number of hydrogen-bond acceptors (Lipinski definition) is 4. The summed E-state index contributed by atoms with van der Waals surface area (Å²) in [7, 11) is 0. The number of carbonyl (C=O) groups excluding carboxylic acids is 2. The molecular formula is C23H24F3NO3. The Bertz CT molecular complexity index is 922. The average molecular weight is 419 g/mol. The third kappa shape index (κ3) is 3.89. The lowest BCUT2D eigenvalue weighted by molar-refractivity contribution is -0.144. The Hall–Kier alpha value is -2.57. The van der Waals surface area contributed by atoms with E-state index in [1.165, 1.54) is 12.1 Å². The van der Waals surface area contributed by atoms with Gasteiger partial charge in [-0.25, -0.2) is 4.79 Å². The summed E-state index contributed by atoms with van der Waals surface area (Å²) >= 11 is 0. The van der Waals surface area contributed by atoms with Crippen molar-refractivity contribution in [2.75, 3.05) is 0 Å². The fourth-order valence-electron chi connectivity index (χ4n) is 4.67. The van der Waals surface area contributed by atoms with E-state index in [1.54, 1.807) is 6.92 Å². The molecule has 1 saturated carbocycles. The van der Waals surface area contributed by atoms with Crippen molar-refractivity contribution in [3.8, 4) is 0 Å².